The molecule has 1 unspecified atom stereocenters. The molecule has 0 bridgehead atoms. The second-order valence-electron chi connectivity index (χ2n) is 6.04. The Morgan fingerprint density at radius 1 is 1.31 bits per heavy atom. The number of pyridine rings is 1. The third kappa shape index (κ3) is 4.49. The number of hydrogen-bond acceptors (Lipinski definition) is 4. The van der Waals surface area contributed by atoms with E-state index in [2.05, 4.69) is 4.98 Å². The highest BCUT2D eigenvalue weighted by Gasteiger charge is 2.31. The molecule has 9 heteroatoms. The minimum atomic E-state index is -3.81. The van der Waals surface area contributed by atoms with E-state index in [1.165, 1.54) is 16.7 Å². The summed E-state index contributed by atoms with van der Waals surface area (Å²) in [5.41, 5.74) is -0.190. The van der Waals surface area contributed by atoms with Gasteiger partial charge in [0.05, 0.1) is 12.3 Å². The van der Waals surface area contributed by atoms with Crippen LogP contribution in [0.2, 0.25) is 5.02 Å². The average molecular weight is 403 g/mol. The summed E-state index contributed by atoms with van der Waals surface area (Å²) in [6, 6.07) is 4.39. The van der Waals surface area contributed by atoms with Crippen molar-refractivity contribution < 1.29 is 21.9 Å². The number of rotatable bonds is 5. The number of ether oxygens (including phenoxy) is 1. The van der Waals surface area contributed by atoms with Crippen molar-refractivity contribution in [2.24, 2.45) is 0 Å². The Bertz CT molecular complexity index is 895. The second kappa shape index (κ2) is 7.85. The van der Waals surface area contributed by atoms with Crippen molar-refractivity contribution in [1.82, 2.24) is 9.29 Å². The van der Waals surface area contributed by atoms with E-state index in [0.29, 0.717) is 30.2 Å². The molecule has 1 aliphatic rings. The Hall–Kier alpha value is -1.77. The maximum absolute atomic E-state index is 13.8. The Labute approximate surface area is 155 Å². The first-order chi connectivity index (χ1) is 12.3. The monoisotopic (exact) mass is 402 g/mol. The van der Waals surface area contributed by atoms with Gasteiger partial charge < -0.3 is 4.74 Å². The van der Waals surface area contributed by atoms with Crippen LogP contribution in [0.15, 0.2) is 36.7 Å². The molecule has 0 aliphatic carbocycles. The van der Waals surface area contributed by atoms with Crippen LogP contribution in [0, 0.1) is 11.6 Å². The zero-order valence-electron chi connectivity index (χ0n) is 13.7. The molecule has 1 fully saturated rings. The molecule has 0 spiro atoms. The van der Waals surface area contributed by atoms with E-state index in [4.69, 9.17) is 16.3 Å². The summed E-state index contributed by atoms with van der Waals surface area (Å²) in [6.07, 6.45) is 3.86. The SMILES string of the molecule is O=S(=O)(Cc1cc(F)ccc1F)N1CCCC(Oc2ccncc2Cl)C1. The van der Waals surface area contributed by atoms with Crippen molar-refractivity contribution in [2.45, 2.75) is 24.7 Å². The highest BCUT2D eigenvalue weighted by molar-refractivity contribution is 7.88. The molecular weight excluding hydrogens is 386 g/mol. The Morgan fingerprint density at radius 3 is 2.88 bits per heavy atom. The van der Waals surface area contributed by atoms with Gasteiger partial charge in [-0.25, -0.2) is 17.2 Å². The van der Waals surface area contributed by atoms with Crippen LogP contribution in [0.5, 0.6) is 5.75 Å². The largest absolute Gasteiger partial charge is 0.487 e. The summed E-state index contributed by atoms with van der Waals surface area (Å²) >= 11 is 6.01. The lowest BCUT2D eigenvalue weighted by Crippen LogP contribution is -2.44. The molecule has 0 amide bonds. The van der Waals surface area contributed by atoms with Gasteiger partial charge in [0, 0.05) is 30.6 Å². The molecule has 3 rings (SSSR count). The molecule has 1 saturated heterocycles. The fourth-order valence-corrected chi connectivity index (χ4v) is 4.59. The van der Waals surface area contributed by atoms with Crippen molar-refractivity contribution in [3.05, 3.63) is 58.9 Å². The van der Waals surface area contributed by atoms with Crippen molar-refractivity contribution >= 4 is 21.6 Å². The fraction of sp³-hybridized carbons (Fsp3) is 0.353. The van der Waals surface area contributed by atoms with E-state index < -0.39 is 27.4 Å². The molecule has 2 heterocycles. The minimum absolute atomic E-state index is 0.123. The van der Waals surface area contributed by atoms with Gasteiger partial charge in [0.1, 0.15) is 28.5 Å². The molecule has 26 heavy (non-hydrogen) atoms. The van der Waals surface area contributed by atoms with Gasteiger partial charge in [-0.2, -0.15) is 4.31 Å². The van der Waals surface area contributed by atoms with Crippen LogP contribution >= 0.6 is 11.6 Å². The van der Waals surface area contributed by atoms with E-state index in [0.717, 1.165) is 18.2 Å². The topological polar surface area (TPSA) is 59.5 Å². The molecule has 5 nitrogen and oxygen atoms in total. The molecule has 0 N–H and O–H groups in total. The van der Waals surface area contributed by atoms with E-state index >= 15 is 0 Å². The van der Waals surface area contributed by atoms with Gasteiger partial charge in [0.2, 0.25) is 10.0 Å². The van der Waals surface area contributed by atoms with Crippen LogP contribution in [-0.2, 0) is 15.8 Å². The van der Waals surface area contributed by atoms with Crippen molar-refractivity contribution in [1.29, 1.82) is 0 Å². The van der Waals surface area contributed by atoms with Crippen molar-refractivity contribution in [3.63, 3.8) is 0 Å². The summed E-state index contributed by atoms with van der Waals surface area (Å²) in [6.45, 7) is 0.432. The van der Waals surface area contributed by atoms with Crippen LogP contribution < -0.4 is 4.74 Å². The lowest BCUT2D eigenvalue weighted by atomic mass is 10.1. The highest BCUT2D eigenvalue weighted by Crippen LogP contribution is 2.27. The van der Waals surface area contributed by atoms with E-state index in [1.807, 2.05) is 0 Å². The number of hydrogen-bond donors (Lipinski definition) is 0. The van der Waals surface area contributed by atoms with Gasteiger partial charge in [-0.15, -0.1) is 0 Å². The summed E-state index contributed by atoms with van der Waals surface area (Å²) in [4.78, 5) is 3.87. The normalized spacial score (nSPS) is 18.7. The molecule has 0 saturated carbocycles. The van der Waals surface area contributed by atoms with Gasteiger partial charge in [0.15, 0.2) is 0 Å². The Morgan fingerprint density at radius 2 is 2.12 bits per heavy atom. The van der Waals surface area contributed by atoms with E-state index in [-0.39, 0.29) is 18.2 Å². The third-order valence-electron chi connectivity index (χ3n) is 4.11. The van der Waals surface area contributed by atoms with Crippen molar-refractivity contribution in [2.75, 3.05) is 13.1 Å². The second-order valence-corrected chi connectivity index (χ2v) is 8.41. The lowest BCUT2D eigenvalue weighted by Gasteiger charge is -2.32. The Kier molecular flexibility index (Phi) is 5.74. The average Bonchev–Trinajstić information content (AvgIpc) is 2.60. The first kappa shape index (κ1) is 19.0. The standard InChI is InChI=1S/C17H17ClF2N2O3S/c18-15-9-21-6-5-17(15)25-14-2-1-7-22(10-14)26(23,24)11-12-8-13(19)3-4-16(12)20/h3-6,8-9,14H,1-2,7,10-11H2. The molecule has 0 radical (unpaired) electrons. The number of benzene rings is 1. The number of halogens is 3. The molecule has 1 aromatic heterocycles. The molecule has 2 aromatic rings. The quantitative estimate of drug-likeness (QED) is 0.769. The van der Waals surface area contributed by atoms with Crippen molar-refractivity contribution in [3.8, 4) is 5.75 Å². The minimum Gasteiger partial charge on any atom is -0.487 e. The third-order valence-corrected chi connectivity index (χ3v) is 6.19. The van der Waals surface area contributed by atoms with Gasteiger partial charge >= 0.3 is 0 Å². The molecule has 1 atom stereocenters. The van der Waals surface area contributed by atoms with E-state index in [9.17, 15) is 17.2 Å². The van der Waals surface area contributed by atoms with Gasteiger partial charge in [-0.1, -0.05) is 11.6 Å². The summed E-state index contributed by atoms with van der Waals surface area (Å²) in [5.74, 6) is -1.59. The number of sulfonamides is 1. The lowest BCUT2D eigenvalue weighted by molar-refractivity contribution is 0.129. The molecular formula is C17H17ClF2N2O3S. The first-order valence-electron chi connectivity index (χ1n) is 8.03. The zero-order chi connectivity index (χ0) is 18.7. The summed E-state index contributed by atoms with van der Waals surface area (Å²) in [7, 11) is -3.81. The molecule has 1 aromatic carbocycles. The maximum Gasteiger partial charge on any atom is 0.218 e. The van der Waals surface area contributed by atoms with E-state index in [1.54, 1.807) is 6.07 Å². The smallest absolute Gasteiger partial charge is 0.218 e. The predicted octanol–water partition coefficient (Wildman–Crippen LogP) is 3.39. The van der Waals surface area contributed by atoms with Crippen LogP contribution in [-0.4, -0.2) is 36.9 Å². The van der Waals surface area contributed by atoms with Crippen LogP contribution in [0.4, 0.5) is 8.78 Å². The maximum atomic E-state index is 13.8. The highest BCUT2D eigenvalue weighted by atomic mass is 35.5. The van der Waals surface area contributed by atoms with Gasteiger partial charge in [-0.05, 0) is 31.0 Å². The first-order valence-corrected chi connectivity index (χ1v) is 10.0. The number of aromatic nitrogens is 1. The van der Waals surface area contributed by atoms with Gasteiger partial charge in [0.25, 0.3) is 0 Å². The molecule has 1 aliphatic heterocycles. The summed E-state index contributed by atoms with van der Waals surface area (Å²) in [5, 5.41) is 0.342. The fourth-order valence-electron chi connectivity index (χ4n) is 2.83. The van der Waals surface area contributed by atoms with Gasteiger partial charge in [-0.3, -0.25) is 4.98 Å². The van der Waals surface area contributed by atoms with Crippen LogP contribution in [0.1, 0.15) is 18.4 Å². The Balaban J connectivity index is 1.72. The zero-order valence-corrected chi connectivity index (χ0v) is 15.3. The number of nitrogens with zero attached hydrogens (tertiary/aromatic N) is 2. The number of piperidine rings is 1. The van der Waals surface area contributed by atoms with Crippen LogP contribution in [0.25, 0.3) is 0 Å². The summed E-state index contributed by atoms with van der Waals surface area (Å²) < 4.78 is 59.4. The predicted molar refractivity (Wildman–Crippen MR) is 93.5 cm³/mol. The molecule has 140 valence electrons. The van der Waals surface area contributed by atoms with Crippen LogP contribution in [0.3, 0.4) is 0 Å².